The minimum Gasteiger partial charge on any atom is -0.380 e. The highest BCUT2D eigenvalue weighted by atomic mass is 16.5. The van der Waals surface area contributed by atoms with E-state index >= 15 is 0 Å². The van der Waals surface area contributed by atoms with Crippen molar-refractivity contribution in [2.24, 2.45) is 0 Å². The van der Waals surface area contributed by atoms with Crippen LogP contribution in [0.1, 0.15) is 5.56 Å². The Morgan fingerprint density at radius 1 is 1.22 bits per heavy atom. The maximum absolute atomic E-state index is 12.1. The summed E-state index contributed by atoms with van der Waals surface area (Å²) in [7, 11) is 1.68. The lowest BCUT2D eigenvalue weighted by Crippen LogP contribution is -2.18. The number of methoxy groups -OCH3 is 1. The predicted molar refractivity (Wildman–Crippen MR) is 100.0 cm³/mol. The normalized spacial score (nSPS) is 11.0. The molecule has 3 aromatic heterocycles. The van der Waals surface area contributed by atoms with Gasteiger partial charge in [0, 0.05) is 31.3 Å². The number of carbonyl (C=O) groups excluding carboxylic acids is 1. The molecule has 8 heteroatoms. The van der Waals surface area contributed by atoms with Crippen molar-refractivity contribution < 1.29 is 9.53 Å². The number of hydrogen-bond donors (Lipinski definition) is 1. The molecule has 0 saturated carbocycles. The number of pyridine rings is 1. The molecule has 8 nitrogen and oxygen atoms in total. The summed E-state index contributed by atoms with van der Waals surface area (Å²) < 4.78 is 8.61. The van der Waals surface area contributed by atoms with E-state index in [4.69, 9.17) is 4.74 Å². The molecule has 0 atom stereocenters. The van der Waals surface area contributed by atoms with Crippen LogP contribution in [0.2, 0.25) is 0 Å². The molecular weight excluding hydrogens is 344 g/mol. The van der Waals surface area contributed by atoms with Gasteiger partial charge in [-0.15, -0.1) is 5.10 Å². The third-order valence-corrected chi connectivity index (χ3v) is 4.10. The topological polar surface area (TPSA) is 86.3 Å². The number of nitrogens with one attached hydrogen (secondary N) is 1. The Hall–Kier alpha value is -3.52. The minimum absolute atomic E-state index is 0.158. The molecule has 0 aliphatic carbocycles. The standard InChI is InChI=1S/C19H18N6O2/c1-27-12-15-4-2-3-5-16(15)14-6-7-17-21-19(23-25(17)10-14)22-18(26)11-24-9-8-20-13-24/h2-10,13H,11-12H2,1H3,(H,22,23,26). The average Bonchev–Trinajstić information content (AvgIpc) is 3.30. The lowest BCUT2D eigenvalue weighted by Gasteiger charge is -2.08. The molecule has 3 heterocycles. The van der Waals surface area contributed by atoms with Gasteiger partial charge in [0.25, 0.3) is 0 Å². The molecule has 0 unspecified atom stereocenters. The monoisotopic (exact) mass is 362 g/mol. The first-order valence-electron chi connectivity index (χ1n) is 8.42. The Bertz CT molecular complexity index is 1070. The van der Waals surface area contributed by atoms with E-state index in [1.165, 1.54) is 0 Å². The number of fused-ring (bicyclic) bond motifs is 1. The smallest absolute Gasteiger partial charge is 0.249 e. The Labute approximate surface area is 155 Å². The van der Waals surface area contributed by atoms with Gasteiger partial charge in [-0.05, 0) is 23.3 Å². The van der Waals surface area contributed by atoms with Gasteiger partial charge < -0.3 is 9.30 Å². The number of rotatable bonds is 6. The quantitative estimate of drug-likeness (QED) is 0.569. The fraction of sp³-hybridized carbons (Fsp3) is 0.158. The summed E-state index contributed by atoms with van der Waals surface area (Å²) in [6.45, 7) is 0.687. The SMILES string of the molecule is COCc1ccccc1-c1ccc2nc(NC(=O)Cn3ccnc3)nn2c1. The second-order valence-electron chi connectivity index (χ2n) is 6.03. The van der Waals surface area contributed by atoms with Crippen LogP contribution in [0.15, 0.2) is 61.3 Å². The van der Waals surface area contributed by atoms with Crippen LogP contribution in [0.3, 0.4) is 0 Å². The number of carbonyl (C=O) groups is 1. The maximum Gasteiger partial charge on any atom is 0.249 e. The molecule has 0 spiro atoms. The molecule has 0 bridgehead atoms. The number of imidazole rings is 1. The second kappa shape index (κ2) is 7.38. The van der Waals surface area contributed by atoms with Crippen LogP contribution in [-0.2, 0) is 22.7 Å². The molecule has 0 fully saturated rings. The summed E-state index contributed by atoms with van der Waals surface area (Å²) in [6, 6.07) is 11.9. The van der Waals surface area contributed by atoms with Crippen molar-refractivity contribution >= 4 is 17.5 Å². The van der Waals surface area contributed by atoms with Gasteiger partial charge in [-0.3, -0.25) is 10.1 Å². The van der Waals surface area contributed by atoms with Gasteiger partial charge in [-0.2, -0.15) is 4.98 Å². The van der Waals surface area contributed by atoms with E-state index in [9.17, 15) is 4.79 Å². The van der Waals surface area contributed by atoms with E-state index in [-0.39, 0.29) is 18.4 Å². The first-order chi connectivity index (χ1) is 13.2. The second-order valence-corrected chi connectivity index (χ2v) is 6.03. The number of nitrogens with zero attached hydrogens (tertiary/aromatic N) is 5. The highest BCUT2D eigenvalue weighted by Gasteiger charge is 2.10. The number of ether oxygens (including phenoxy) is 1. The highest BCUT2D eigenvalue weighted by molar-refractivity contribution is 5.89. The fourth-order valence-corrected chi connectivity index (χ4v) is 2.89. The number of amides is 1. The van der Waals surface area contributed by atoms with E-state index in [0.29, 0.717) is 12.3 Å². The van der Waals surface area contributed by atoms with E-state index < -0.39 is 0 Å². The summed E-state index contributed by atoms with van der Waals surface area (Å²) in [4.78, 5) is 20.4. The predicted octanol–water partition coefficient (Wildman–Crippen LogP) is 2.38. The van der Waals surface area contributed by atoms with Crippen molar-refractivity contribution in [1.29, 1.82) is 0 Å². The summed E-state index contributed by atoms with van der Waals surface area (Å²) in [5.41, 5.74) is 3.81. The summed E-state index contributed by atoms with van der Waals surface area (Å²) in [5.74, 6) is 0.0528. The molecule has 1 aromatic carbocycles. The van der Waals surface area contributed by atoms with E-state index in [2.05, 4.69) is 20.4 Å². The van der Waals surface area contributed by atoms with Crippen molar-refractivity contribution in [2.45, 2.75) is 13.2 Å². The number of anilines is 1. The molecule has 27 heavy (non-hydrogen) atoms. The van der Waals surface area contributed by atoms with E-state index in [0.717, 1.165) is 16.7 Å². The van der Waals surface area contributed by atoms with Gasteiger partial charge in [0.15, 0.2) is 5.65 Å². The van der Waals surface area contributed by atoms with Crippen LogP contribution < -0.4 is 5.32 Å². The molecular formula is C19H18N6O2. The third-order valence-electron chi connectivity index (χ3n) is 4.10. The molecule has 0 aliphatic rings. The summed E-state index contributed by atoms with van der Waals surface area (Å²) >= 11 is 0. The molecule has 0 saturated heterocycles. The number of hydrogen-bond acceptors (Lipinski definition) is 5. The number of aromatic nitrogens is 5. The maximum atomic E-state index is 12.1. The van der Waals surface area contributed by atoms with E-state index in [1.807, 2.05) is 42.6 Å². The van der Waals surface area contributed by atoms with E-state index in [1.54, 1.807) is 34.9 Å². The summed E-state index contributed by atoms with van der Waals surface area (Å²) in [6.07, 6.45) is 6.82. The van der Waals surface area contributed by atoms with Crippen molar-refractivity contribution in [2.75, 3.05) is 12.4 Å². The van der Waals surface area contributed by atoms with Gasteiger partial charge in [0.2, 0.25) is 11.9 Å². The molecule has 4 rings (SSSR count). The Morgan fingerprint density at radius 2 is 2.11 bits per heavy atom. The van der Waals surface area contributed by atoms with Gasteiger partial charge in [-0.1, -0.05) is 24.3 Å². The third kappa shape index (κ3) is 3.70. The largest absolute Gasteiger partial charge is 0.380 e. The molecule has 0 radical (unpaired) electrons. The van der Waals surface area contributed by atoms with Gasteiger partial charge >= 0.3 is 0 Å². The summed E-state index contributed by atoms with van der Waals surface area (Å²) in [5, 5.41) is 7.07. The van der Waals surface area contributed by atoms with Gasteiger partial charge in [0.1, 0.15) is 6.54 Å². The first-order valence-corrected chi connectivity index (χ1v) is 8.42. The number of benzene rings is 1. The highest BCUT2D eigenvalue weighted by Crippen LogP contribution is 2.24. The van der Waals surface area contributed by atoms with Crippen molar-refractivity contribution in [1.82, 2.24) is 24.1 Å². The average molecular weight is 362 g/mol. The fourth-order valence-electron chi connectivity index (χ4n) is 2.89. The minimum atomic E-state index is -0.213. The zero-order chi connectivity index (χ0) is 18.6. The first kappa shape index (κ1) is 16.9. The van der Waals surface area contributed by atoms with Crippen molar-refractivity contribution in [3.63, 3.8) is 0 Å². The van der Waals surface area contributed by atoms with Crippen LogP contribution >= 0.6 is 0 Å². The molecule has 4 aromatic rings. The molecule has 136 valence electrons. The molecule has 0 aliphatic heterocycles. The molecule has 1 N–H and O–H groups in total. The zero-order valence-corrected chi connectivity index (χ0v) is 14.7. The van der Waals surface area contributed by atoms with Crippen LogP contribution in [-0.4, -0.2) is 37.2 Å². The zero-order valence-electron chi connectivity index (χ0n) is 14.7. The van der Waals surface area contributed by atoms with Gasteiger partial charge in [-0.25, -0.2) is 9.50 Å². The van der Waals surface area contributed by atoms with Crippen LogP contribution in [0.5, 0.6) is 0 Å². The van der Waals surface area contributed by atoms with Crippen LogP contribution in [0, 0.1) is 0 Å². The lowest BCUT2D eigenvalue weighted by molar-refractivity contribution is -0.116. The van der Waals surface area contributed by atoms with Crippen molar-refractivity contribution in [3.05, 3.63) is 66.9 Å². The Morgan fingerprint density at radius 3 is 2.93 bits per heavy atom. The van der Waals surface area contributed by atoms with Crippen LogP contribution in [0.25, 0.3) is 16.8 Å². The van der Waals surface area contributed by atoms with Crippen molar-refractivity contribution in [3.8, 4) is 11.1 Å². The Kier molecular flexibility index (Phi) is 4.63. The Balaban J connectivity index is 1.58. The molecule has 1 amide bonds. The lowest BCUT2D eigenvalue weighted by atomic mass is 10.0. The van der Waals surface area contributed by atoms with Crippen LogP contribution in [0.4, 0.5) is 5.95 Å². The van der Waals surface area contributed by atoms with Gasteiger partial charge in [0.05, 0.1) is 12.9 Å².